The number of halogens is 4. The molecule has 0 aromatic heterocycles. The van der Waals surface area contributed by atoms with Crippen molar-refractivity contribution in [2.24, 2.45) is 0 Å². The summed E-state index contributed by atoms with van der Waals surface area (Å²) < 4.78 is 57.1. The van der Waals surface area contributed by atoms with Gasteiger partial charge in [0.15, 0.2) is 29.0 Å². The molecule has 0 fully saturated rings. The largest absolute Gasteiger partial charge is 0.508 e. The van der Waals surface area contributed by atoms with E-state index in [2.05, 4.69) is 4.74 Å². The third kappa shape index (κ3) is 2.37. The number of phenolic OH excluding ortho intramolecular Hbond substituents is 1. The Bertz CT molecular complexity index is 576. The second-order valence-corrected chi connectivity index (χ2v) is 3.42. The highest BCUT2D eigenvalue weighted by Gasteiger charge is 2.15. The minimum absolute atomic E-state index is 0.519. The number of aromatic hydroxyl groups is 1. The summed E-state index contributed by atoms with van der Waals surface area (Å²) in [5, 5.41) is 8.92. The fraction of sp³-hybridized carbons (Fsp3) is 0. The van der Waals surface area contributed by atoms with Gasteiger partial charge in [0, 0.05) is 18.2 Å². The Kier molecular flexibility index (Phi) is 3.10. The lowest BCUT2D eigenvalue weighted by Crippen LogP contribution is -1.95. The van der Waals surface area contributed by atoms with Crippen molar-refractivity contribution in [3.63, 3.8) is 0 Å². The van der Waals surface area contributed by atoms with Crippen molar-refractivity contribution in [3.05, 3.63) is 53.6 Å². The Balaban J connectivity index is 2.40. The molecule has 0 aliphatic heterocycles. The highest BCUT2D eigenvalue weighted by Crippen LogP contribution is 2.31. The first-order chi connectivity index (χ1) is 8.47. The van der Waals surface area contributed by atoms with E-state index >= 15 is 0 Å². The maximum absolute atomic E-state index is 13.3. The fourth-order valence-electron chi connectivity index (χ4n) is 1.31. The summed E-state index contributed by atoms with van der Waals surface area (Å²) in [4.78, 5) is 0. The maximum atomic E-state index is 13.3. The molecule has 0 saturated heterocycles. The topological polar surface area (TPSA) is 29.5 Å². The monoisotopic (exact) mass is 258 g/mol. The van der Waals surface area contributed by atoms with Gasteiger partial charge in [0.1, 0.15) is 11.6 Å². The summed E-state index contributed by atoms with van der Waals surface area (Å²) in [6.07, 6.45) is 0. The Morgan fingerprint density at radius 1 is 0.833 bits per heavy atom. The zero-order valence-corrected chi connectivity index (χ0v) is 8.75. The van der Waals surface area contributed by atoms with Crippen LogP contribution in [-0.2, 0) is 0 Å². The van der Waals surface area contributed by atoms with E-state index in [-0.39, 0.29) is 0 Å². The average Bonchev–Trinajstić information content (AvgIpc) is 2.25. The molecule has 2 nitrogen and oxygen atoms in total. The van der Waals surface area contributed by atoms with Gasteiger partial charge >= 0.3 is 0 Å². The number of ether oxygens (including phenoxy) is 1. The first kappa shape index (κ1) is 12.2. The quantitative estimate of drug-likeness (QED) is 0.831. The van der Waals surface area contributed by atoms with Crippen LogP contribution in [0.5, 0.6) is 17.2 Å². The molecule has 0 heterocycles. The van der Waals surface area contributed by atoms with Crippen molar-refractivity contribution < 1.29 is 27.4 Å². The van der Waals surface area contributed by atoms with Gasteiger partial charge in [0.05, 0.1) is 0 Å². The molecule has 2 aromatic rings. The highest BCUT2D eigenvalue weighted by molar-refractivity contribution is 5.38. The molecule has 0 aliphatic carbocycles. The zero-order valence-electron chi connectivity index (χ0n) is 8.75. The Labute approximate surface area is 99.1 Å². The minimum atomic E-state index is -1.20. The Morgan fingerprint density at radius 3 is 2.00 bits per heavy atom. The van der Waals surface area contributed by atoms with Crippen LogP contribution in [0, 0.1) is 23.3 Å². The summed E-state index contributed by atoms with van der Waals surface area (Å²) >= 11 is 0. The molecule has 0 spiro atoms. The van der Waals surface area contributed by atoms with Gasteiger partial charge in [-0.05, 0) is 12.1 Å². The van der Waals surface area contributed by atoms with Crippen LogP contribution in [0.15, 0.2) is 30.3 Å². The van der Waals surface area contributed by atoms with Gasteiger partial charge in [0.2, 0.25) is 0 Å². The van der Waals surface area contributed by atoms with Gasteiger partial charge in [0.25, 0.3) is 0 Å². The van der Waals surface area contributed by atoms with Crippen LogP contribution in [0.25, 0.3) is 0 Å². The van der Waals surface area contributed by atoms with Gasteiger partial charge in [-0.25, -0.2) is 17.6 Å². The first-order valence-corrected chi connectivity index (χ1v) is 4.78. The lowest BCUT2D eigenvalue weighted by atomic mass is 10.3. The molecule has 0 atom stereocenters. The first-order valence-electron chi connectivity index (χ1n) is 4.78. The predicted molar refractivity (Wildman–Crippen MR) is 54.5 cm³/mol. The molecule has 18 heavy (non-hydrogen) atoms. The minimum Gasteiger partial charge on any atom is -0.508 e. The van der Waals surface area contributed by atoms with Crippen molar-refractivity contribution in [3.8, 4) is 17.2 Å². The van der Waals surface area contributed by atoms with Crippen LogP contribution in [0.1, 0.15) is 0 Å². The zero-order chi connectivity index (χ0) is 13.3. The standard InChI is InChI=1S/C12H6F4O2/c13-6-1-2-11(8(14)3-6)18-12-9(15)4-7(17)5-10(12)16/h1-5,17H. The lowest BCUT2D eigenvalue weighted by Gasteiger charge is -2.09. The van der Waals surface area contributed by atoms with Crippen LogP contribution in [0.4, 0.5) is 17.6 Å². The van der Waals surface area contributed by atoms with E-state index in [9.17, 15) is 17.6 Å². The van der Waals surface area contributed by atoms with Crippen molar-refractivity contribution in [1.29, 1.82) is 0 Å². The van der Waals surface area contributed by atoms with E-state index in [1.54, 1.807) is 0 Å². The average molecular weight is 258 g/mol. The van der Waals surface area contributed by atoms with Crippen LogP contribution < -0.4 is 4.74 Å². The number of hydrogen-bond donors (Lipinski definition) is 1. The van der Waals surface area contributed by atoms with Gasteiger partial charge < -0.3 is 9.84 Å². The fourth-order valence-corrected chi connectivity index (χ4v) is 1.31. The molecule has 0 amide bonds. The lowest BCUT2D eigenvalue weighted by molar-refractivity contribution is 0.378. The summed E-state index contributed by atoms with van der Waals surface area (Å²) in [6, 6.07) is 3.52. The molecule has 1 N–H and O–H groups in total. The highest BCUT2D eigenvalue weighted by atomic mass is 19.1. The van der Waals surface area contributed by atoms with Gasteiger partial charge in [-0.15, -0.1) is 0 Å². The van der Waals surface area contributed by atoms with Crippen molar-refractivity contribution in [2.75, 3.05) is 0 Å². The van der Waals surface area contributed by atoms with E-state index in [0.717, 1.165) is 12.1 Å². The predicted octanol–water partition coefficient (Wildman–Crippen LogP) is 3.74. The summed E-state index contributed by atoms with van der Waals surface area (Å²) in [7, 11) is 0. The number of hydrogen-bond acceptors (Lipinski definition) is 2. The number of benzene rings is 2. The van der Waals surface area contributed by atoms with Crippen molar-refractivity contribution >= 4 is 0 Å². The maximum Gasteiger partial charge on any atom is 0.199 e. The van der Waals surface area contributed by atoms with E-state index in [0.29, 0.717) is 18.2 Å². The second kappa shape index (κ2) is 4.56. The molecule has 0 radical (unpaired) electrons. The van der Waals surface area contributed by atoms with Gasteiger partial charge in [-0.1, -0.05) is 0 Å². The van der Waals surface area contributed by atoms with Crippen LogP contribution in [0.2, 0.25) is 0 Å². The number of phenols is 1. The molecule has 6 heteroatoms. The molecule has 0 aliphatic rings. The molecule has 0 unspecified atom stereocenters. The Morgan fingerprint density at radius 2 is 1.44 bits per heavy atom. The van der Waals surface area contributed by atoms with Crippen LogP contribution in [-0.4, -0.2) is 5.11 Å². The van der Waals surface area contributed by atoms with Gasteiger partial charge in [-0.3, -0.25) is 0 Å². The molecule has 94 valence electrons. The van der Waals surface area contributed by atoms with Crippen LogP contribution in [0.3, 0.4) is 0 Å². The van der Waals surface area contributed by atoms with E-state index in [4.69, 9.17) is 5.11 Å². The molecule has 0 bridgehead atoms. The summed E-state index contributed by atoms with van der Waals surface area (Å²) in [6.45, 7) is 0. The third-order valence-electron chi connectivity index (χ3n) is 2.09. The molecule has 0 saturated carbocycles. The second-order valence-electron chi connectivity index (χ2n) is 3.42. The molecule has 2 rings (SSSR count). The normalized spacial score (nSPS) is 10.4. The molecular formula is C12H6F4O2. The Hall–Kier alpha value is -2.24. The van der Waals surface area contributed by atoms with Crippen molar-refractivity contribution in [1.82, 2.24) is 0 Å². The van der Waals surface area contributed by atoms with E-state index < -0.39 is 40.5 Å². The van der Waals surface area contributed by atoms with Crippen LogP contribution >= 0.6 is 0 Å². The molecular weight excluding hydrogens is 252 g/mol. The number of rotatable bonds is 2. The summed E-state index contributed by atoms with van der Waals surface area (Å²) in [5.41, 5.74) is 0. The van der Waals surface area contributed by atoms with Crippen molar-refractivity contribution in [2.45, 2.75) is 0 Å². The SMILES string of the molecule is Oc1cc(F)c(Oc2ccc(F)cc2F)c(F)c1. The molecule has 2 aromatic carbocycles. The van der Waals surface area contributed by atoms with Gasteiger partial charge in [-0.2, -0.15) is 0 Å². The summed E-state index contributed by atoms with van der Waals surface area (Å²) in [5.74, 6) is -6.36. The van der Waals surface area contributed by atoms with E-state index in [1.807, 2.05) is 0 Å². The van der Waals surface area contributed by atoms with E-state index in [1.165, 1.54) is 0 Å². The third-order valence-corrected chi connectivity index (χ3v) is 2.09. The smallest absolute Gasteiger partial charge is 0.199 e.